The number of ether oxygens (including phenoxy) is 3. The monoisotopic (exact) mass is 475 g/mol. The van der Waals surface area contributed by atoms with Crippen LogP contribution in [-0.4, -0.2) is 33.0 Å². The molecule has 1 heterocycles. The van der Waals surface area contributed by atoms with Gasteiger partial charge in [0.15, 0.2) is 17.3 Å². The third kappa shape index (κ3) is 4.22. The van der Waals surface area contributed by atoms with Gasteiger partial charge in [-0.2, -0.15) is 13.2 Å². The summed E-state index contributed by atoms with van der Waals surface area (Å²) in [6, 6.07) is 8.60. The van der Waals surface area contributed by atoms with Crippen molar-refractivity contribution in [1.82, 2.24) is 5.32 Å². The molecule has 0 saturated carbocycles. The summed E-state index contributed by atoms with van der Waals surface area (Å²) < 4.78 is 57.2. The van der Waals surface area contributed by atoms with Crippen LogP contribution in [0.25, 0.3) is 0 Å². The number of hydrogen-bond donors (Lipinski definition) is 1. The van der Waals surface area contributed by atoms with Crippen LogP contribution in [0, 0.1) is 0 Å². The van der Waals surface area contributed by atoms with Gasteiger partial charge in [-0.1, -0.05) is 18.2 Å². The second-order valence-corrected chi connectivity index (χ2v) is 8.27. The van der Waals surface area contributed by atoms with Crippen molar-refractivity contribution >= 4 is 11.7 Å². The maximum atomic E-state index is 13.7. The van der Waals surface area contributed by atoms with Gasteiger partial charge in [-0.25, -0.2) is 0 Å². The summed E-state index contributed by atoms with van der Waals surface area (Å²) in [5, 5.41) is 2.74. The predicted octanol–water partition coefficient (Wildman–Crippen LogP) is 4.74. The zero-order chi connectivity index (χ0) is 24.6. The number of methoxy groups -OCH3 is 3. The molecule has 0 bridgehead atoms. The number of halogens is 3. The first-order valence-electron chi connectivity index (χ1n) is 10.7. The van der Waals surface area contributed by atoms with E-state index in [1.165, 1.54) is 39.5 Å². The van der Waals surface area contributed by atoms with Crippen molar-refractivity contribution in [2.45, 2.75) is 37.3 Å². The zero-order valence-electron chi connectivity index (χ0n) is 18.9. The van der Waals surface area contributed by atoms with E-state index in [2.05, 4.69) is 5.32 Å². The molecule has 2 aromatic carbocycles. The highest BCUT2D eigenvalue weighted by Crippen LogP contribution is 2.47. The molecule has 0 unspecified atom stereocenters. The molecule has 2 aromatic rings. The van der Waals surface area contributed by atoms with Gasteiger partial charge in [-0.3, -0.25) is 9.59 Å². The van der Waals surface area contributed by atoms with E-state index in [0.29, 0.717) is 22.9 Å². The quantitative estimate of drug-likeness (QED) is 0.677. The van der Waals surface area contributed by atoms with Crippen molar-refractivity contribution in [3.8, 4) is 17.2 Å². The molecular weight excluding hydrogens is 451 g/mol. The first-order valence-corrected chi connectivity index (χ1v) is 10.7. The Hall–Kier alpha value is -3.49. The van der Waals surface area contributed by atoms with Gasteiger partial charge in [0.25, 0.3) is 0 Å². The van der Waals surface area contributed by atoms with Gasteiger partial charge in [0.1, 0.15) is 0 Å². The largest absolute Gasteiger partial charge is 0.493 e. The second kappa shape index (κ2) is 9.04. The van der Waals surface area contributed by atoms with E-state index in [9.17, 15) is 22.8 Å². The lowest BCUT2D eigenvalue weighted by molar-refractivity contribution is -0.138. The minimum atomic E-state index is -4.60. The van der Waals surface area contributed by atoms with Crippen LogP contribution >= 0.6 is 0 Å². The number of allylic oxidation sites excluding steroid dienone is 2. The van der Waals surface area contributed by atoms with E-state index in [-0.39, 0.29) is 42.1 Å². The van der Waals surface area contributed by atoms with E-state index in [1.54, 1.807) is 12.1 Å². The van der Waals surface area contributed by atoms with Crippen molar-refractivity contribution < 1.29 is 37.0 Å². The van der Waals surface area contributed by atoms with Crippen molar-refractivity contribution in [3.05, 3.63) is 64.4 Å². The van der Waals surface area contributed by atoms with Crippen LogP contribution in [0.3, 0.4) is 0 Å². The molecule has 2 atom stereocenters. The van der Waals surface area contributed by atoms with Crippen LogP contribution in [-0.2, 0) is 15.8 Å². The molecule has 180 valence electrons. The van der Waals surface area contributed by atoms with Crippen LogP contribution in [0.1, 0.15) is 47.8 Å². The first kappa shape index (κ1) is 23.7. The van der Waals surface area contributed by atoms with Crippen molar-refractivity contribution in [3.63, 3.8) is 0 Å². The van der Waals surface area contributed by atoms with Crippen molar-refractivity contribution in [2.24, 2.45) is 0 Å². The maximum absolute atomic E-state index is 13.7. The molecule has 1 aliphatic carbocycles. The fraction of sp³-hybridized carbons (Fsp3) is 0.360. The normalized spacial score (nSPS) is 20.5. The lowest BCUT2D eigenvalue weighted by Gasteiger charge is -2.35. The molecule has 4 rings (SSSR count). The van der Waals surface area contributed by atoms with E-state index >= 15 is 0 Å². The van der Waals surface area contributed by atoms with Crippen molar-refractivity contribution in [2.75, 3.05) is 21.3 Å². The number of rotatable bonds is 5. The maximum Gasteiger partial charge on any atom is 0.416 e. The van der Waals surface area contributed by atoms with Crippen LogP contribution in [0.4, 0.5) is 13.2 Å². The third-order valence-electron chi connectivity index (χ3n) is 6.34. The molecule has 9 heteroatoms. The van der Waals surface area contributed by atoms with Gasteiger partial charge < -0.3 is 19.5 Å². The number of carbonyl (C=O) groups is 2. The van der Waals surface area contributed by atoms with Gasteiger partial charge in [0.2, 0.25) is 11.7 Å². The molecule has 1 N–H and O–H groups in total. The Balaban J connectivity index is 1.76. The molecule has 1 amide bonds. The molecule has 1 aliphatic heterocycles. The van der Waals surface area contributed by atoms with E-state index in [0.717, 1.165) is 11.6 Å². The number of amides is 1. The highest BCUT2D eigenvalue weighted by molar-refractivity contribution is 6.02. The number of ketones is 1. The Morgan fingerprint density at radius 3 is 2.15 bits per heavy atom. The van der Waals surface area contributed by atoms with Gasteiger partial charge in [-0.15, -0.1) is 0 Å². The molecule has 0 aromatic heterocycles. The summed E-state index contributed by atoms with van der Waals surface area (Å²) in [5.41, 5.74) is 0.465. The van der Waals surface area contributed by atoms with E-state index in [4.69, 9.17) is 14.2 Å². The van der Waals surface area contributed by atoms with Crippen LogP contribution in [0.15, 0.2) is 47.7 Å². The van der Waals surface area contributed by atoms with Crippen LogP contribution in [0.2, 0.25) is 0 Å². The van der Waals surface area contributed by atoms with Gasteiger partial charge in [0, 0.05) is 30.0 Å². The third-order valence-corrected chi connectivity index (χ3v) is 6.34. The van der Waals surface area contributed by atoms with Crippen LogP contribution in [0.5, 0.6) is 17.2 Å². The zero-order valence-corrected chi connectivity index (χ0v) is 18.9. The molecule has 34 heavy (non-hydrogen) atoms. The molecular formula is C25H24F3NO5. The Bertz CT molecular complexity index is 1150. The summed E-state index contributed by atoms with van der Waals surface area (Å²) in [7, 11) is 4.45. The second-order valence-electron chi connectivity index (χ2n) is 8.27. The van der Waals surface area contributed by atoms with Crippen LogP contribution < -0.4 is 19.5 Å². The highest BCUT2D eigenvalue weighted by atomic mass is 19.4. The number of hydrogen-bond acceptors (Lipinski definition) is 5. The lowest BCUT2D eigenvalue weighted by Crippen LogP contribution is -2.38. The summed E-state index contributed by atoms with van der Waals surface area (Å²) in [4.78, 5) is 25.8. The lowest BCUT2D eigenvalue weighted by atomic mass is 9.72. The van der Waals surface area contributed by atoms with E-state index in [1.807, 2.05) is 0 Å². The number of benzene rings is 2. The SMILES string of the molecule is COc1cc([C@H]2CC(=O)C3=C(C2)NC(=O)C[C@H]3c2ccccc2C(F)(F)F)cc(OC)c1OC. The molecule has 0 spiro atoms. The molecule has 2 aliphatic rings. The summed E-state index contributed by atoms with van der Waals surface area (Å²) in [6.45, 7) is 0. The number of alkyl halides is 3. The molecule has 0 fully saturated rings. The highest BCUT2D eigenvalue weighted by Gasteiger charge is 2.42. The average molecular weight is 475 g/mol. The van der Waals surface area contributed by atoms with Gasteiger partial charge >= 0.3 is 6.18 Å². The predicted molar refractivity (Wildman–Crippen MR) is 117 cm³/mol. The standard InChI is InChI=1S/C25H24F3NO5/c1-32-20-10-14(11-21(33-2)24(20)34-3)13-8-18-23(19(30)9-13)16(12-22(31)29-18)15-6-4-5-7-17(15)25(26,27)28/h4-7,10-11,13,16H,8-9,12H2,1-3H3,(H,29,31)/t13-,16+/m1/s1. The molecule has 6 nitrogen and oxygen atoms in total. The van der Waals surface area contributed by atoms with Gasteiger partial charge in [0.05, 0.1) is 26.9 Å². The minimum absolute atomic E-state index is 0.0584. The first-order chi connectivity index (χ1) is 16.2. The van der Waals surface area contributed by atoms with E-state index < -0.39 is 23.6 Å². The fourth-order valence-corrected chi connectivity index (χ4v) is 4.86. The van der Waals surface area contributed by atoms with Gasteiger partial charge in [-0.05, 0) is 41.7 Å². The minimum Gasteiger partial charge on any atom is -0.493 e. The number of nitrogens with one attached hydrogen (secondary N) is 1. The smallest absolute Gasteiger partial charge is 0.416 e. The Morgan fingerprint density at radius 1 is 0.912 bits per heavy atom. The molecule has 0 radical (unpaired) electrons. The summed E-state index contributed by atoms with van der Waals surface area (Å²) in [5.74, 6) is -0.721. The Kier molecular flexibility index (Phi) is 6.29. The van der Waals surface area contributed by atoms with Crippen molar-refractivity contribution in [1.29, 1.82) is 0 Å². The Labute approximate surface area is 194 Å². The number of carbonyl (C=O) groups excluding carboxylic acids is 2. The topological polar surface area (TPSA) is 73.9 Å². The molecule has 0 saturated heterocycles. The average Bonchev–Trinajstić information content (AvgIpc) is 2.81. The fourth-order valence-electron chi connectivity index (χ4n) is 4.86. The summed E-state index contributed by atoms with van der Waals surface area (Å²) >= 11 is 0. The number of Topliss-reactive ketones (excluding diaryl/α,β-unsaturated/α-hetero) is 1. The summed E-state index contributed by atoms with van der Waals surface area (Å²) in [6.07, 6.45) is -4.44. The Morgan fingerprint density at radius 2 is 1.56 bits per heavy atom.